The van der Waals surface area contributed by atoms with E-state index in [-0.39, 0.29) is 5.41 Å². The number of hydrogen-bond acceptors (Lipinski definition) is 3. The number of ketones is 1. The van der Waals surface area contributed by atoms with Gasteiger partial charge in [0, 0.05) is 23.3 Å². The second-order valence-electron chi connectivity index (χ2n) is 5.47. The topological polar surface area (TPSA) is 43.1 Å². The summed E-state index contributed by atoms with van der Waals surface area (Å²) in [7, 11) is 0. The lowest BCUT2D eigenvalue weighted by atomic mass is 9.67. The van der Waals surface area contributed by atoms with Crippen LogP contribution in [0.1, 0.15) is 37.5 Å². The van der Waals surface area contributed by atoms with E-state index < -0.39 is 0 Å². The average Bonchev–Trinajstić information content (AvgIpc) is 2.76. The van der Waals surface area contributed by atoms with Crippen LogP contribution in [0.3, 0.4) is 0 Å². The molecule has 0 amide bonds. The van der Waals surface area contributed by atoms with Crippen molar-refractivity contribution < 1.29 is 4.79 Å². The molecule has 1 aromatic rings. The molecule has 0 bridgehead atoms. The molecule has 2 N–H and O–H groups in total. The number of hydrogen-bond donors (Lipinski definition) is 1. The van der Waals surface area contributed by atoms with E-state index in [1.165, 1.54) is 11.3 Å². The number of halogens is 1. The van der Waals surface area contributed by atoms with Crippen LogP contribution in [-0.2, 0) is 11.2 Å². The first-order chi connectivity index (χ1) is 8.55. The van der Waals surface area contributed by atoms with Crippen LogP contribution >= 0.6 is 22.9 Å². The van der Waals surface area contributed by atoms with Crippen molar-refractivity contribution in [1.82, 2.24) is 0 Å². The first-order valence-electron chi connectivity index (χ1n) is 6.53. The van der Waals surface area contributed by atoms with Crippen LogP contribution in [0.5, 0.6) is 0 Å². The lowest BCUT2D eigenvalue weighted by molar-refractivity contribution is -0.129. The van der Waals surface area contributed by atoms with Crippen LogP contribution in [0.15, 0.2) is 12.1 Å². The van der Waals surface area contributed by atoms with Gasteiger partial charge in [0.15, 0.2) is 0 Å². The predicted molar refractivity (Wildman–Crippen MR) is 77.2 cm³/mol. The van der Waals surface area contributed by atoms with E-state index in [0.717, 1.165) is 40.8 Å². The molecule has 2 nitrogen and oxygen atoms in total. The van der Waals surface area contributed by atoms with Gasteiger partial charge in [-0.15, -0.1) is 11.3 Å². The fraction of sp³-hybridized carbons (Fsp3) is 0.643. The lowest BCUT2D eigenvalue weighted by Gasteiger charge is -2.37. The Bertz CT molecular complexity index is 421. The van der Waals surface area contributed by atoms with Gasteiger partial charge >= 0.3 is 0 Å². The Kier molecular flexibility index (Phi) is 4.46. The zero-order valence-electron chi connectivity index (χ0n) is 10.7. The summed E-state index contributed by atoms with van der Waals surface area (Å²) in [6, 6.07) is 3.80. The summed E-state index contributed by atoms with van der Waals surface area (Å²) in [4.78, 5) is 13.6. The van der Waals surface area contributed by atoms with Gasteiger partial charge in [0.05, 0.1) is 4.34 Å². The normalized spacial score (nSPS) is 28.3. The van der Waals surface area contributed by atoms with Crippen molar-refractivity contribution in [2.24, 2.45) is 17.1 Å². The summed E-state index contributed by atoms with van der Waals surface area (Å²) in [5.74, 6) is 1.03. The Morgan fingerprint density at radius 2 is 2.17 bits per heavy atom. The molecule has 2 rings (SSSR count). The molecule has 0 atom stereocenters. The number of Topliss-reactive ketones (excluding diaryl/α,β-unsaturated/α-hetero) is 1. The molecule has 4 heteroatoms. The van der Waals surface area contributed by atoms with Crippen molar-refractivity contribution in [3.05, 3.63) is 21.3 Å². The molecule has 1 aliphatic carbocycles. The summed E-state index contributed by atoms with van der Waals surface area (Å²) in [6.07, 6.45) is 4.62. The molecular weight excluding hydrogens is 266 g/mol. The van der Waals surface area contributed by atoms with Crippen molar-refractivity contribution in [1.29, 1.82) is 0 Å². The summed E-state index contributed by atoms with van der Waals surface area (Å²) >= 11 is 7.39. The van der Waals surface area contributed by atoms with Gasteiger partial charge in [0.2, 0.25) is 0 Å². The maximum absolute atomic E-state index is 12.5. The van der Waals surface area contributed by atoms with Crippen molar-refractivity contribution >= 4 is 28.7 Å². The molecule has 1 heterocycles. The van der Waals surface area contributed by atoms with Gasteiger partial charge in [0.1, 0.15) is 5.78 Å². The number of rotatable bonds is 4. The highest BCUT2D eigenvalue weighted by Crippen LogP contribution is 2.40. The zero-order chi connectivity index (χ0) is 13.2. The van der Waals surface area contributed by atoms with Crippen LogP contribution < -0.4 is 5.73 Å². The zero-order valence-corrected chi connectivity index (χ0v) is 12.3. The van der Waals surface area contributed by atoms with E-state index >= 15 is 0 Å². The molecule has 18 heavy (non-hydrogen) atoms. The van der Waals surface area contributed by atoms with Gasteiger partial charge in [-0.25, -0.2) is 0 Å². The average molecular weight is 286 g/mol. The van der Waals surface area contributed by atoms with Crippen molar-refractivity contribution in [3.63, 3.8) is 0 Å². The van der Waals surface area contributed by atoms with E-state index in [0.29, 0.717) is 18.7 Å². The van der Waals surface area contributed by atoms with Crippen LogP contribution in [-0.4, -0.2) is 12.3 Å². The lowest BCUT2D eigenvalue weighted by Crippen LogP contribution is -2.42. The van der Waals surface area contributed by atoms with Crippen LogP contribution in [0.4, 0.5) is 0 Å². The third-order valence-corrected chi connectivity index (χ3v) is 5.41. The molecule has 0 aromatic carbocycles. The quantitative estimate of drug-likeness (QED) is 0.917. The number of nitrogens with two attached hydrogens (primary N) is 1. The largest absolute Gasteiger partial charge is 0.329 e. The molecule has 0 radical (unpaired) electrons. The van der Waals surface area contributed by atoms with Crippen LogP contribution in [0.25, 0.3) is 0 Å². The first-order valence-corrected chi connectivity index (χ1v) is 7.73. The number of carbonyl (C=O) groups is 1. The molecule has 100 valence electrons. The van der Waals surface area contributed by atoms with E-state index in [9.17, 15) is 4.79 Å². The highest BCUT2D eigenvalue weighted by Gasteiger charge is 2.39. The fourth-order valence-corrected chi connectivity index (χ4v) is 3.79. The molecular formula is C14H20ClNOS. The van der Waals surface area contributed by atoms with Crippen molar-refractivity contribution in [3.8, 4) is 0 Å². The summed E-state index contributed by atoms with van der Waals surface area (Å²) < 4.78 is 0.747. The Morgan fingerprint density at radius 1 is 1.50 bits per heavy atom. The second-order valence-corrected chi connectivity index (χ2v) is 7.27. The Hall–Kier alpha value is -0.380. The summed E-state index contributed by atoms with van der Waals surface area (Å²) in [6.45, 7) is 2.74. The maximum Gasteiger partial charge on any atom is 0.145 e. The van der Waals surface area contributed by atoms with E-state index in [1.807, 2.05) is 12.1 Å². The number of thiophene rings is 1. The predicted octanol–water partition coefficient (Wildman–Crippen LogP) is 3.67. The van der Waals surface area contributed by atoms with Crippen LogP contribution in [0.2, 0.25) is 4.34 Å². The minimum absolute atomic E-state index is 0.275. The monoisotopic (exact) mass is 285 g/mol. The Labute approximate surface area is 118 Å². The molecule has 0 spiro atoms. The van der Waals surface area contributed by atoms with Crippen LogP contribution in [0, 0.1) is 11.3 Å². The molecule has 0 unspecified atom stereocenters. The second kappa shape index (κ2) is 5.72. The molecule has 1 aliphatic rings. The van der Waals surface area contributed by atoms with Gasteiger partial charge < -0.3 is 5.73 Å². The molecule has 1 saturated carbocycles. The Balaban J connectivity index is 2.06. The minimum Gasteiger partial charge on any atom is -0.329 e. The SMILES string of the molecule is CC1CCC(CN)(C(=O)Cc2ccc(Cl)s2)CC1. The molecule has 0 saturated heterocycles. The smallest absolute Gasteiger partial charge is 0.145 e. The summed E-state index contributed by atoms with van der Waals surface area (Å²) in [5, 5.41) is 0. The molecule has 1 aromatic heterocycles. The van der Waals surface area contributed by atoms with Gasteiger partial charge in [-0.3, -0.25) is 4.79 Å². The summed E-state index contributed by atoms with van der Waals surface area (Å²) in [5.41, 5.74) is 5.63. The van der Waals surface area contributed by atoms with Crippen molar-refractivity contribution in [2.75, 3.05) is 6.54 Å². The van der Waals surface area contributed by atoms with E-state index in [1.54, 1.807) is 0 Å². The van der Waals surface area contributed by atoms with Crippen molar-refractivity contribution in [2.45, 2.75) is 39.0 Å². The van der Waals surface area contributed by atoms with E-state index in [4.69, 9.17) is 17.3 Å². The third kappa shape index (κ3) is 2.95. The maximum atomic E-state index is 12.5. The van der Waals surface area contributed by atoms with Gasteiger partial charge in [-0.2, -0.15) is 0 Å². The third-order valence-electron chi connectivity index (χ3n) is 4.18. The van der Waals surface area contributed by atoms with Gasteiger partial charge in [-0.05, 0) is 43.7 Å². The highest BCUT2D eigenvalue weighted by molar-refractivity contribution is 7.16. The molecule has 1 fully saturated rings. The Morgan fingerprint density at radius 3 is 2.67 bits per heavy atom. The highest BCUT2D eigenvalue weighted by atomic mass is 35.5. The molecule has 0 aliphatic heterocycles. The van der Waals surface area contributed by atoms with Gasteiger partial charge in [-0.1, -0.05) is 18.5 Å². The first kappa shape index (κ1) is 14.0. The number of carbonyl (C=O) groups excluding carboxylic acids is 1. The fourth-order valence-electron chi connectivity index (χ4n) is 2.70. The van der Waals surface area contributed by atoms with Gasteiger partial charge in [0.25, 0.3) is 0 Å². The van der Waals surface area contributed by atoms with E-state index in [2.05, 4.69) is 6.92 Å². The minimum atomic E-state index is -0.275. The standard InChI is InChI=1S/C14H20ClNOS/c1-10-4-6-14(9-16,7-5-10)12(17)8-11-2-3-13(15)18-11/h2-3,10H,4-9,16H2,1H3.